The summed E-state index contributed by atoms with van der Waals surface area (Å²) in [5.41, 5.74) is 1.94. The van der Waals surface area contributed by atoms with Gasteiger partial charge in [0, 0.05) is 30.1 Å². The van der Waals surface area contributed by atoms with Gasteiger partial charge >= 0.3 is 0 Å². The van der Waals surface area contributed by atoms with E-state index in [1.165, 1.54) is 4.90 Å². The lowest BCUT2D eigenvalue weighted by Gasteiger charge is -2.09. The molecule has 0 radical (unpaired) electrons. The molecule has 5 heteroatoms. The maximum absolute atomic E-state index is 5.20. The minimum absolute atomic E-state index is 0.389. The zero-order chi connectivity index (χ0) is 13.7. The molecule has 2 aromatic rings. The molecule has 102 valence electrons. The Morgan fingerprint density at radius 2 is 1.89 bits per heavy atom. The van der Waals surface area contributed by atoms with Gasteiger partial charge in [0.2, 0.25) is 6.29 Å². The third-order valence-corrected chi connectivity index (χ3v) is 4.41. The van der Waals surface area contributed by atoms with E-state index in [9.17, 15) is 0 Å². The highest BCUT2D eigenvalue weighted by molar-refractivity contribution is 7.99. The topological polar surface area (TPSA) is 31.4 Å². The van der Waals surface area contributed by atoms with Crippen molar-refractivity contribution in [3.05, 3.63) is 35.3 Å². The number of methoxy groups -OCH3 is 2. The Balaban J connectivity index is 2.17. The van der Waals surface area contributed by atoms with Crippen LogP contribution in [0.1, 0.15) is 18.9 Å². The Hall–Kier alpha value is -0.880. The van der Waals surface area contributed by atoms with Crippen molar-refractivity contribution < 1.29 is 9.47 Å². The van der Waals surface area contributed by atoms with E-state index in [0.29, 0.717) is 0 Å². The summed E-state index contributed by atoms with van der Waals surface area (Å²) in [5, 5.41) is 2.96. The van der Waals surface area contributed by atoms with Crippen molar-refractivity contribution in [3.63, 3.8) is 0 Å². The molecule has 2 rings (SSSR count). The Kier molecular flexibility index (Phi) is 5.39. The molecule has 0 N–H and O–H groups in total. The first-order valence-corrected chi connectivity index (χ1v) is 7.89. The molecule has 0 unspecified atom stereocenters. The molecule has 1 aromatic carbocycles. The Bertz CT molecular complexity index is 506. The number of thiazole rings is 1. The summed E-state index contributed by atoms with van der Waals surface area (Å²) in [6.07, 6.45) is -0.389. The highest BCUT2D eigenvalue weighted by Crippen LogP contribution is 2.29. The molecular weight excluding hydrogens is 278 g/mol. The first-order valence-electron chi connectivity index (χ1n) is 6.02. The highest BCUT2D eigenvalue weighted by atomic mass is 32.2. The fourth-order valence-electron chi connectivity index (χ4n) is 1.73. The van der Waals surface area contributed by atoms with Crippen LogP contribution in [0.4, 0.5) is 0 Å². The lowest BCUT2D eigenvalue weighted by atomic mass is 10.2. The average molecular weight is 295 g/mol. The van der Waals surface area contributed by atoms with Crippen molar-refractivity contribution in [2.24, 2.45) is 0 Å². The van der Waals surface area contributed by atoms with Gasteiger partial charge in [0.15, 0.2) is 0 Å². The lowest BCUT2D eigenvalue weighted by Crippen LogP contribution is -2.03. The van der Waals surface area contributed by atoms with Gasteiger partial charge in [-0.05, 0) is 17.9 Å². The normalized spacial score (nSPS) is 11.2. The summed E-state index contributed by atoms with van der Waals surface area (Å²) < 4.78 is 10.4. The summed E-state index contributed by atoms with van der Waals surface area (Å²) in [4.78, 5) is 5.85. The molecule has 0 saturated heterocycles. The number of rotatable bonds is 6. The highest BCUT2D eigenvalue weighted by Gasteiger charge is 2.13. The van der Waals surface area contributed by atoms with Gasteiger partial charge in [-0.2, -0.15) is 0 Å². The van der Waals surface area contributed by atoms with E-state index in [-0.39, 0.29) is 6.29 Å². The molecule has 0 aliphatic rings. The van der Waals surface area contributed by atoms with Gasteiger partial charge in [-0.1, -0.05) is 19.1 Å². The van der Waals surface area contributed by atoms with Gasteiger partial charge in [-0.25, -0.2) is 4.98 Å². The van der Waals surface area contributed by atoms with Gasteiger partial charge in [0.25, 0.3) is 0 Å². The van der Waals surface area contributed by atoms with E-state index in [1.807, 2.05) is 17.1 Å². The molecule has 19 heavy (non-hydrogen) atoms. The van der Waals surface area contributed by atoms with Crippen LogP contribution in [0.3, 0.4) is 0 Å². The van der Waals surface area contributed by atoms with Crippen LogP contribution in [-0.2, 0) is 9.47 Å². The van der Waals surface area contributed by atoms with Crippen LogP contribution in [0.25, 0.3) is 10.6 Å². The fraction of sp³-hybridized carbons (Fsp3) is 0.357. The summed E-state index contributed by atoms with van der Waals surface area (Å²) in [6.45, 7) is 2.15. The van der Waals surface area contributed by atoms with Gasteiger partial charge in [0.1, 0.15) is 10.7 Å². The maximum Gasteiger partial charge on any atom is 0.201 e. The zero-order valence-electron chi connectivity index (χ0n) is 11.3. The molecule has 0 spiro atoms. The molecule has 3 nitrogen and oxygen atoms in total. The second-order valence-corrected chi connectivity index (χ2v) is 6.03. The minimum atomic E-state index is -0.389. The first-order chi connectivity index (χ1) is 9.28. The van der Waals surface area contributed by atoms with E-state index < -0.39 is 0 Å². The largest absolute Gasteiger partial charge is 0.350 e. The average Bonchev–Trinajstić information content (AvgIpc) is 2.91. The molecule has 0 fully saturated rings. The molecule has 1 aromatic heterocycles. The van der Waals surface area contributed by atoms with Crippen molar-refractivity contribution >= 4 is 23.1 Å². The van der Waals surface area contributed by atoms with Crippen molar-refractivity contribution in [1.82, 2.24) is 4.98 Å². The van der Waals surface area contributed by atoms with Crippen molar-refractivity contribution in [2.45, 2.75) is 18.1 Å². The Morgan fingerprint density at radius 3 is 2.47 bits per heavy atom. The second-order valence-electron chi connectivity index (χ2n) is 3.84. The van der Waals surface area contributed by atoms with Gasteiger partial charge in [-0.3, -0.25) is 0 Å². The van der Waals surface area contributed by atoms with Gasteiger partial charge in [-0.15, -0.1) is 23.1 Å². The number of aromatic nitrogens is 1. The Morgan fingerprint density at radius 1 is 1.21 bits per heavy atom. The van der Waals surface area contributed by atoms with E-state index >= 15 is 0 Å². The van der Waals surface area contributed by atoms with Crippen molar-refractivity contribution in [3.8, 4) is 10.6 Å². The fourth-order valence-corrected chi connectivity index (χ4v) is 3.21. The van der Waals surface area contributed by atoms with Crippen LogP contribution in [0.5, 0.6) is 0 Å². The van der Waals surface area contributed by atoms with Crippen LogP contribution in [-0.4, -0.2) is 25.0 Å². The SMILES string of the molecule is CCSc1ccc(-c2nc(C(OC)OC)cs2)cc1. The number of hydrogen-bond acceptors (Lipinski definition) is 5. The van der Waals surface area contributed by atoms with E-state index in [1.54, 1.807) is 25.6 Å². The molecule has 0 aliphatic heterocycles. The van der Waals surface area contributed by atoms with Crippen molar-refractivity contribution in [2.75, 3.05) is 20.0 Å². The van der Waals surface area contributed by atoms with Gasteiger partial charge < -0.3 is 9.47 Å². The molecule has 0 atom stereocenters. The standard InChI is InChI=1S/C14H17NO2S2/c1-4-18-11-7-5-10(6-8-11)13-15-12(9-19-13)14(16-2)17-3/h5-9,14H,4H2,1-3H3. The van der Waals surface area contributed by atoms with Gasteiger partial charge in [0.05, 0.1) is 0 Å². The molecule has 0 bridgehead atoms. The lowest BCUT2D eigenvalue weighted by molar-refractivity contribution is -0.108. The van der Waals surface area contributed by atoms with Crippen LogP contribution < -0.4 is 0 Å². The molecule has 0 aliphatic carbocycles. The molecule has 0 saturated carbocycles. The van der Waals surface area contributed by atoms with E-state index in [2.05, 4.69) is 36.2 Å². The third kappa shape index (κ3) is 3.57. The first kappa shape index (κ1) is 14.5. The van der Waals surface area contributed by atoms with Crippen LogP contribution >= 0.6 is 23.1 Å². The number of thioether (sulfide) groups is 1. The van der Waals surface area contributed by atoms with Crippen LogP contribution in [0.2, 0.25) is 0 Å². The maximum atomic E-state index is 5.20. The summed E-state index contributed by atoms with van der Waals surface area (Å²) in [6, 6.07) is 8.48. The Labute approximate surface area is 122 Å². The number of nitrogens with zero attached hydrogens (tertiary/aromatic N) is 1. The minimum Gasteiger partial charge on any atom is -0.350 e. The van der Waals surface area contributed by atoms with Crippen LogP contribution in [0.15, 0.2) is 34.5 Å². The molecule has 0 amide bonds. The predicted molar refractivity (Wildman–Crippen MR) is 80.7 cm³/mol. The molecular formula is C14H17NO2S2. The number of benzene rings is 1. The quantitative estimate of drug-likeness (QED) is 0.590. The smallest absolute Gasteiger partial charge is 0.201 e. The van der Waals surface area contributed by atoms with E-state index in [0.717, 1.165) is 22.0 Å². The molecule has 1 heterocycles. The third-order valence-electron chi connectivity index (χ3n) is 2.60. The monoisotopic (exact) mass is 295 g/mol. The summed E-state index contributed by atoms with van der Waals surface area (Å²) in [7, 11) is 3.23. The summed E-state index contributed by atoms with van der Waals surface area (Å²) in [5.74, 6) is 1.09. The number of hydrogen-bond donors (Lipinski definition) is 0. The van der Waals surface area contributed by atoms with Crippen molar-refractivity contribution in [1.29, 1.82) is 0 Å². The predicted octanol–water partition coefficient (Wildman–Crippen LogP) is 4.21. The van der Waals surface area contributed by atoms with E-state index in [4.69, 9.17) is 9.47 Å². The summed E-state index contributed by atoms with van der Waals surface area (Å²) >= 11 is 3.44. The number of ether oxygens (including phenoxy) is 2. The zero-order valence-corrected chi connectivity index (χ0v) is 12.9. The van der Waals surface area contributed by atoms with Crippen LogP contribution in [0, 0.1) is 0 Å². The second kappa shape index (κ2) is 7.05.